The van der Waals surface area contributed by atoms with E-state index in [4.69, 9.17) is 0 Å². The van der Waals surface area contributed by atoms with E-state index in [1.165, 1.54) is 24.3 Å². The highest BCUT2D eigenvalue weighted by molar-refractivity contribution is 6.24. The Morgan fingerprint density at radius 2 is 2.00 bits per heavy atom. The average molecular weight is 425 g/mol. The molecule has 156 valence electrons. The summed E-state index contributed by atoms with van der Waals surface area (Å²) in [4.78, 5) is 48.5. The molecule has 0 fully saturated rings. The van der Waals surface area contributed by atoms with Gasteiger partial charge in [-0.25, -0.2) is 4.39 Å². The molecule has 0 spiro atoms. The first-order chi connectivity index (χ1) is 14.8. The van der Waals surface area contributed by atoms with Crippen molar-refractivity contribution < 1.29 is 23.7 Å². The van der Waals surface area contributed by atoms with E-state index in [0.29, 0.717) is 10.7 Å². The van der Waals surface area contributed by atoms with Crippen molar-refractivity contribution in [3.63, 3.8) is 0 Å². The molecule has 0 aliphatic carbocycles. The molecule has 1 aromatic heterocycles. The van der Waals surface area contributed by atoms with E-state index < -0.39 is 40.7 Å². The smallest absolute Gasteiger partial charge is 0.282 e. The predicted octanol–water partition coefficient (Wildman–Crippen LogP) is 1.25. The second-order valence-electron chi connectivity index (χ2n) is 6.51. The number of tetrazole rings is 1. The highest BCUT2D eigenvalue weighted by atomic mass is 19.1. The van der Waals surface area contributed by atoms with E-state index in [9.17, 15) is 28.9 Å². The zero-order valence-corrected chi connectivity index (χ0v) is 15.8. The van der Waals surface area contributed by atoms with Crippen molar-refractivity contribution in [3.05, 3.63) is 69.3 Å². The van der Waals surface area contributed by atoms with Gasteiger partial charge >= 0.3 is 0 Å². The molecule has 1 aliphatic rings. The van der Waals surface area contributed by atoms with Gasteiger partial charge in [0.2, 0.25) is 5.91 Å². The number of nitrogens with one attached hydrogen (secondary N) is 1. The first-order valence-corrected chi connectivity index (χ1v) is 8.76. The number of benzene rings is 2. The number of aromatic nitrogens is 4. The summed E-state index contributed by atoms with van der Waals surface area (Å²) in [7, 11) is 0. The van der Waals surface area contributed by atoms with Crippen LogP contribution in [-0.4, -0.2) is 54.3 Å². The van der Waals surface area contributed by atoms with Crippen LogP contribution in [0.25, 0.3) is 5.69 Å². The van der Waals surface area contributed by atoms with E-state index >= 15 is 0 Å². The maximum absolute atomic E-state index is 14.2. The minimum absolute atomic E-state index is 0.0170. The summed E-state index contributed by atoms with van der Waals surface area (Å²) in [6.07, 6.45) is 0. The van der Waals surface area contributed by atoms with Crippen LogP contribution in [0.1, 0.15) is 26.5 Å². The Balaban J connectivity index is 1.54. The number of carbonyl (C=O) groups is 3. The fourth-order valence-electron chi connectivity index (χ4n) is 3.16. The number of imide groups is 1. The molecule has 0 radical (unpaired) electrons. The molecule has 0 unspecified atom stereocenters. The number of carbonyl (C=O) groups excluding carboxylic acids is 3. The summed E-state index contributed by atoms with van der Waals surface area (Å²) in [6.45, 7) is 0.881. The average Bonchev–Trinajstić information content (AvgIpc) is 3.26. The van der Waals surface area contributed by atoms with Crippen LogP contribution < -0.4 is 5.32 Å². The third-order valence-corrected chi connectivity index (χ3v) is 4.56. The van der Waals surface area contributed by atoms with Crippen LogP contribution >= 0.6 is 0 Å². The first kappa shape index (κ1) is 19.8. The van der Waals surface area contributed by atoms with E-state index in [0.717, 1.165) is 16.8 Å². The normalized spacial score (nSPS) is 12.8. The van der Waals surface area contributed by atoms with E-state index in [-0.39, 0.29) is 22.5 Å². The molecule has 0 saturated heterocycles. The second-order valence-corrected chi connectivity index (χ2v) is 6.51. The molecule has 1 aliphatic heterocycles. The standard InChI is InChI=1S/C18H12FN7O5/c1-9-21-22-23-25(9)14-7-10(5-6-12(14)19)20-15(27)8-24-17(28)11-3-2-4-13(26(30)31)16(11)18(24)29/h2-7H,8H2,1H3,(H,20,27). The summed E-state index contributed by atoms with van der Waals surface area (Å²) in [5, 5.41) is 24.4. The van der Waals surface area contributed by atoms with Gasteiger partial charge in [0, 0.05) is 11.8 Å². The minimum atomic E-state index is -0.938. The second kappa shape index (κ2) is 7.37. The van der Waals surface area contributed by atoms with Crippen molar-refractivity contribution in [2.24, 2.45) is 0 Å². The molecule has 0 atom stereocenters. The molecule has 3 amide bonds. The number of hydrogen-bond acceptors (Lipinski definition) is 8. The Labute approximate surface area is 172 Å². The van der Waals surface area contributed by atoms with Gasteiger partial charge in [-0.3, -0.25) is 29.4 Å². The molecule has 0 bridgehead atoms. The summed E-state index contributed by atoms with van der Waals surface area (Å²) in [5.74, 6) is -2.84. The highest BCUT2D eigenvalue weighted by Gasteiger charge is 2.41. The van der Waals surface area contributed by atoms with Crippen LogP contribution in [0.4, 0.5) is 15.8 Å². The van der Waals surface area contributed by atoms with Gasteiger partial charge in [-0.05, 0) is 41.6 Å². The van der Waals surface area contributed by atoms with Crippen LogP contribution in [0.15, 0.2) is 36.4 Å². The number of amides is 3. The van der Waals surface area contributed by atoms with Crippen molar-refractivity contribution in [1.82, 2.24) is 25.1 Å². The maximum Gasteiger partial charge on any atom is 0.282 e. The number of nitro groups is 1. The SMILES string of the molecule is Cc1nnnn1-c1cc(NC(=O)CN2C(=O)c3cccc([N+](=O)[O-])c3C2=O)ccc1F. The Bertz CT molecular complexity index is 1270. The lowest BCUT2D eigenvalue weighted by Crippen LogP contribution is -2.37. The van der Waals surface area contributed by atoms with Gasteiger partial charge in [0.1, 0.15) is 23.6 Å². The molecule has 0 saturated carbocycles. The van der Waals surface area contributed by atoms with Crippen LogP contribution in [0.5, 0.6) is 0 Å². The van der Waals surface area contributed by atoms with Gasteiger partial charge in [-0.1, -0.05) is 6.07 Å². The van der Waals surface area contributed by atoms with Crippen molar-refractivity contribution in [1.29, 1.82) is 0 Å². The van der Waals surface area contributed by atoms with E-state index in [2.05, 4.69) is 20.8 Å². The Morgan fingerprint density at radius 3 is 2.68 bits per heavy atom. The molecule has 3 aromatic rings. The van der Waals surface area contributed by atoms with Gasteiger partial charge in [0.15, 0.2) is 5.82 Å². The third-order valence-electron chi connectivity index (χ3n) is 4.56. The van der Waals surface area contributed by atoms with Crippen LogP contribution in [0.2, 0.25) is 0 Å². The molecule has 2 aromatic carbocycles. The molecule has 4 rings (SSSR count). The Hall–Kier alpha value is -4.55. The van der Waals surface area contributed by atoms with Gasteiger partial charge in [-0.2, -0.15) is 4.68 Å². The predicted molar refractivity (Wildman–Crippen MR) is 101 cm³/mol. The summed E-state index contributed by atoms with van der Waals surface area (Å²) >= 11 is 0. The van der Waals surface area contributed by atoms with Crippen molar-refractivity contribution in [2.75, 3.05) is 11.9 Å². The van der Waals surface area contributed by atoms with Gasteiger partial charge in [0.05, 0.1) is 10.5 Å². The van der Waals surface area contributed by atoms with E-state index in [1.54, 1.807) is 6.92 Å². The van der Waals surface area contributed by atoms with Gasteiger partial charge in [-0.15, -0.1) is 5.10 Å². The summed E-state index contributed by atoms with van der Waals surface area (Å²) in [5.41, 5.74) is -0.872. The summed E-state index contributed by atoms with van der Waals surface area (Å²) in [6, 6.07) is 7.33. The Morgan fingerprint density at radius 1 is 1.23 bits per heavy atom. The van der Waals surface area contributed by atoms with Crippen LogP contribution in [-0.2, 0) is 4.79 Å². The maximum atomic E-state index is 14.2. The van der Waals surface area contributed by atoms with Gasteiger partial charge < -0.3 is 5.32 Å². The first-order valence-electron chi connectivity index (χ1n) is 8.76. The van der Waals surface area contributed by atoms with Crippen LogP contribution in [0, 0.1) is 22.9 Å². The minimum Gasteiger partial charge on any atom is -0.324 e. The lowest BCUT2D eigenvalue weighted by molar-refractivity contribution is -0.385. The number of aryl methyl sites for hydroxylation is 1. The fourth-order valence-corrected chi connectivity index (χ4v) is 3.16. The molecule has 1 N–H and O–H groups in total. The van der Waals surface area contributed by atoms with Crippen molar-refractivity contribution in [3.8, 4) is 5.69 Å². The highest BCUT2D eigenvalue weighted by Crippen LogP contribution is 2.30. The van der Waals surface area contributed by atoms with Gasteiger partial charge in [0.25, 0.3) is 17.5 Å². The molecular weight excluding hydrogens is 413 g/mol. The number of anilines is 1. The third kappa shape index (κ3) is 3.37. The van der Waals surface area contributed by atoms with E-state index in [1.807, 2.05) is 0 Å². The number of hydrogen-bond donors (Lipinski definition) is 1. The molecule has 31 heavy (non-hydrogen) atoms. The number of nitrogens with zero attached hydrogens (tertiary/aromatic N) is 6. The number of nitro benzene ring substituents is 1. The molecule has 12 nitrogen and oxygen atoms in total. The monoisotopic (exact) mass is 425 g/mol. The lowest BCUT2D eigenvalue weighted by atomic mass is 10.1. The lowest BCUT2D eigenvalue weighted by Gasteiger charge is -2.14. The number of halogens is 1. The largest absolute Gasteiger partial charge is 0.324 e. The molecule has 2 heterocycles. The fraction of sp³-hybridized carbons (Fsp3) is 0.111. The molecule has 13 heteroatoms. The topological polar surface area (TPSA) is 153 Å². The zero-order valence-electron chi connectivity index (χ0n) is 15.8. The number of rotatable bonds is 5. The quantitative estimate of drug-likeness (QED) is 0.364. The van der Waals surface area contributed by atoms with Crippen molar-refractivity contribution in [2.45, 2.75) is 6.92 Å². The van der Waals surface area contributed by atoms with Crippen LogP contribution in [0.3, 0.4) is 0 Å². The number of fused-ring (bicyclic) bond motifs is 1. The van der Waals surface area contributed by atoms with Crippen molar-refractivity contribution >= 4 is 29.1 Å². The molecular formula is C18H12FN7O5. The zero-order chi connectivity index (χ0) is 22.3. The summed E-state index contributed by atoms with van der Waals surface area (Å²) < 4.78 is 15.3. The Kier molecular flexibility index (Phi) is 4.69.